The Balaban J connectivity index is 1.35. The van der Waals surface area contributed by atoms with E-state index in [-0.39, 0.29) is 5.91 Å². The Morgan fingerprint density at radius 1 is 1.13 bits per heavy atom. The van der Waals surface area contributed by atoms with Gasteiger partial charge in [-0.3, -0.25) is 9.69 Å². The van der Waals surface area contributed by atoms with Crippen LogP contribution in [0.2, 0.25) is 0 Å². The maximum absolute atomic E-state index is 12.0. The lowest BCUT2D eigenvalue weighted by Crippen LogP contribution is -2.28. The normalized spacial score (nSPS) is 14.0. The van der Waals surface area contributed by atoms with Crippen molar-refractivity contribution in [2.45, 2.75) is 25.9 Å². The Morgan fingerprint density at radius 3 is 2.81 bits per heavy atom. The van der Waals surface area contributed by atoms with Crippen LogP contribution in [0.25, 0.3) is 0 Å². The second-order valence-corrected chi connectivity index (χ2v) is 7.35. The molecular weight excluding hydrogens is 398 g/mol. The Labute approximate surface area is 181 Å². The Hall–Kier alpha value is -3.33. The highest BCUT2D eigenvalue weighted by atomic mass is 16.5. The summed E-state index contributed by atoms with van der Waals surface area (Å²) in [4.78, 5) is 14.4. The number of hydrogen-bond acceptors (Lipinski definition) is 7. The summed E-state index contributed by atoms with van der Waals surface area (Å²) in [6, 6.07) is 9.30. The van der Waals surface area contributed by atoms with E-state index in [4.69, 9.17) is 13.9 Å². The monoisotopic (exact) mass is 425 g/mol. The van der Waals surface area contributed by atoms with Gasteiger partial charge in [0.1, 0.15) is 11.6 Å². The fraction of sp³-hybridized carbons (Fsp3) is 0.409. The van der Waals surface area contributed by atoms with Crippen LogP contribution in [0.15, 0.2) is 41.0 Å². The number of nitrogens with one attached hydrogen (secondary N) is 1. The average Bonchev–Trinajstić information content (AvgIpc) is 3.41. The van der Waals surface area contributed by atoms with E-state index < -0.39 is 0 Å². The van der Waals surface area contributed by atoms with E-state index in [9.17, 15) is 4.79 Å². The number of nitrogens with zero attached hydrogens (tertiary/aromatic N) is 4. The molecular formula is C22H27N5O4. The van der Waals surface area contributed by atoms with E-state index in [0.29, 0.717) is 18.7 Å². The highest BCUT2D eigenvalue weighted by Crippen LogP contribution is 2.31. The molecule has 3 aromatic rings. The summed E-state index contributed by atoms with van der Waals surface area (Å²) < 4.78 is 18.3. The molecule has 0 spiro atoms. The summed E-state index contributed by atoms with van der Waals surface area (Å²) in [5, 5.41) is 11.6. The lowest BCUT2D eigenvalue weighted by molar-refractivity contribution is 0.0926. The first-order valence-electron chi connectivity index (χ1n) is 10.3. The molecule has 164 valence electrons. The maximum atomic E-state index is 12.0. The van der Waals surface area contributed by atoms with Crippen LogP contribution in [0.4, 0.5) is 0 Å². The molecule has 1 aliphatic heterocycles. The second-order valence-electron chi connectivity index (χ2n) is 7.35. The lowest BCUT2D eigenvalue weighted by Gasteiger charge is -2.21. The van der Waals surface area contributed by atoms with Gasteiger partial charge in [0.05, 0.1) is 20.5 Å². The van der Waals surface area contributed by atoms with Crippen LogP contribution in [0.1, 0.15) is 27.8 Å². The number of para-hydroxylation sites is 1. The summed E-state index contributed by atoms with van der Waals surface area (Å²) in [7, 11) is 3.32. The number of benzene rings is 1. The number of fused-ring (bicyclic) bond motifs is 1. The van der Waals surface area contributed by atoms with Crippen molar-refractivity contribution < 1.29 is 18.7 Å². The van der Waals surface area contributed by atoms with Gasteiger partial charge in [-0.2, -0.15) is 0 Å². The standard InChI is InChI=1S/C22H27N5O4/c1-29-17-6-3-5-16(21(17)30-2)15-26-11-9-20-25-24-19(27(20)13-12-26)8-10-23-22(28)18-7-4-14-31-18/h3-7,14H,8-13,15H2,1-2H3,(H,23,28). The van der Waals surface area contributed by atoms with Crippen molar-refractivity contribution >= 4 is 5.91 Å². The number of amides is 1. The van der Waals surface area contributed by atoms with E-state index in [1.165, 1.54) is 6.26 Å². The van der Waals surface area contributed by atoms with Crippen LogP contribution in [0.5, 0.6) is 11.5 Å². The predicted molar refractivity (Wildman–Crippen MR) is 113 cm³/mol. The molecule has 3 heterocycles. The molecule has 1 amide bonds. The molecule has 9 nitrogen and oxygen atoms in total. The Bertz CT molecular complexity index is 1020. The number of aromatic nitrogens is 3. The minimum Gasteiger partial charge on any atom is -0.493 e. The van der Waals surface area contributed by atoms with Gasteiger partial charge in [-0.05, 0) is 18.2 Å². The van der Waals surface area contributed by atoms with Gasteiger partial charge in [-0.25, -0.2) is 0 Å². The quantitative estimate of drug-likeness (QED) is 0.589. The first-order valence-corrected chi connectivity index (χ1v) is 10.3. The molecule has 1 aliphatic rings. The Kier molecular flexibility index (Phi) is 6.51. The molecule has 0 atom stereocenters. The summed E-state index contributed by atoms with van der Waals surface area (Å²) in [6.07, 6.45) is 2.92. The van der Waals surface area contributed by atoms with Gasteiger partial charge in [-0.1, -0.05) is 12.1 Å². The zero-order chi connectivity index (χ0) is 21.6. The van der Waals surface area contributed by atoms with Crippen molar-refractivity contribution in [2.75, 3.05) is 33.9 Å². The fourth-order valence-corrected chi connectivity index (χ4v) is 3.87. The summed E-state index contributed by atoms with van der Waals surface area (Å²) >= 11 is 0. The largest absolute Gasteiger partial charge is 0.493 e. The van der Waals surface area contributed by atoms with Crippen molar-refractivity contribution in [1.82, 2.24) is 25.0 Å². The molecule has 0 bridgehead atoms. The highest BCUT2D eigenvalue weighted by molar-refractivity contribution is 5.91. The second kappa shape index (κ2) is 9.65. The molecule has 0 fully saturated rings. The third-order valence-electron chi connectivity index (χ3n) is 5.45. The topological polar surface area (TPSA) is 94.6 Å². The molecule has 1 aromatic carbocycles. The van der Waals surface area contributed by atoms with E-state index in [2.05, 4.69) is 31.0 Å². The van der Waals surface area contributed by atoms with E-state index >= 15 is 0 Å². The molecule has 9 heteroatoms. The number of ether oxygens (including phenoxy) is 2. The van der Waals surface area contributed by atoms with Crippen LogP contribution >= 0.6 is 0 Å². The third kappa shape index (κ3) is 4.72. The zero-order valence-corrected chi connectivity index (χ0v) is 17.8. The number of hydrogen-bond donors (Lipinski definition) is 1. The fourth-order valence-electron chi connectivity index (χ4n) is 3.87. The number of carbonyl (C=O) groups excluding carboxylic acids is 1. The van der Waals surface area contributed by atoms with Gasteiger partial charge in [0, 0.05) is 51.1 Å². The van der Waals surface area contributed by atoms with Crippen molar-refractivity contribution in [3.05, 3.63) is 59.6 Å². The van der Waals surface area contributed by atoms with Crippen molar-refractivity contribution in [3.8, 4) is 11.5 Å². The van der Waals surface area contributed by atoms with E-state index in [0.717, 1.165) is 61.3 Å². The van der Waals surface area contributed by atoms with Gasteiger partial charge >= 0.3 is 0 Å². The van der Waals surface area contributed by atoms with Crippen LogP contribution < -0.4 is 14.8 Å². The minimum absolute atomic E-state index is 0.223. The molecule has 0 unspecified atom stereocenters. The van der Waals surface area contributed by atoms with Gasteiger partial charge in [0.25, 0.3) is 5.91 Å². The number of methoxy groups -OCH3 is 2. The first-order chi connectivity index (χ1) is 15.2. The minimum atomic E-state index is -0.223. The van der Waals surface area contributed by atoms with Crippen LogP contribution in [-0.2, 0) is 25.9 Å². The van der Waals surface area contributed by atoms with Gasteiger partial charge in [-0.15, -0.1) is 10.2 Å². The third-order valence-corrected chi connectivity index (χ3v) is 5.45. The molecule has 1 N–H and O–H groups in total. The summed E-state index contributed by atoms with van der Waals surface area (Å²) in [5.41, 5.74) is 1.10. The smallest absolute Gasteiger partial charge is 0.286 e. The molecule has 31 heavy (non-hydrogen) atoms. The highest BCUT2D eigenvalue weighted by Gasteiger charge is 2.20. The van der Waals surface area contributed by atoms with Gasteiger partial charge in [0.2, 0.25) is 0 Å². The molecule has 0 saturated heterocycles. The maximum Gasteiger partial charge on any atom is 0.286 e. The van der Waals surface area contributed by atoms with Crippen molar-refractivity contribution in [1.29, 1.82) is 0 Å². The molecule has 4 rings (SSSR count). The average molecular weight is 425 g/mol. The SMILES string of the molecule is COc1cccc(CN2CCc3nnc(CCNC(=O)c4ccco4)n3CC2)c1OC. The van der Waals surface area contributed by atoms with Crippen LogP contribution in [0, 0.1) is 0 Å². The van der Waals surface area contributed by atoms with Gasteiger partial charge in [0.15, 0.2) is 17.3 Å². The lowest BCUT2D eigenvalue weighted by atomic mass is 10.1. The van der Waals surface area contributed by atoms with Gasteiger partial charge < -0.3 is 23.8 Å². The van der Waals surface area contributed by atoms with E-state index in [1.54, 1.807) is 26.4 Å². The summed E-state index contributed by atoms with van der Waals surface area (Å²) in [6.45, 7) is 3.80. The van der Waals surface area contributed by atoms with Crippen molar-refractivity contribution in [3.63, 3.8) is 0 Å². The van der Waals surface area contributed by atoms with E-state index in [1.807, 2.05) is 12.1 Å². The molecule has 0 radical (unpaired) electrons. The number of carbonyl (C=O) groups is 1. The van der Waals surface area contributed by atoms with Crippen molar-refractivity contribution in [2.24, 2.45) is 0 Å². The molecule has 0 aliphatic carbocycles. The van der Waals surface area contributed by atoms with Crippen LogP contribution in [-0.4, -0.2) is 59.4 Å². The van der Waals surface area contributed by atoms with Crippen LogP contribution in [0.3, 0.4) is 0 Å². The predicted octanol–water partition coefficient (Wildman–Crippen LogP) is 1.92. The molecule has 2 aromatic heterocycles. The zero-order valence-electron chi connectivity index (χ0n) is 17.8. The first kappa shape index (κ1) is 20.9. The Morgan fingerprint density at radius 2 is 2.03 bits per heavy atom. The number of rotatable bonds is 8. The number of furan rings is 1. The summed E-state index contributed by atoms with van der Waals surface area (Å²) in [5.74, 6) is 3.47. The molecule has 0 saturated carbocycles.